The topological polar surface area (TPSA) is 47.0 Å². The van der Waals surface area contributed by atoms with Crippen LogP contribution in [-0.4, -0.2) is 77.6 Å². The number of aliphatic hydroxyl groups excluding tert-OH is 1. The first kappa shape index (κ1) is 18.8. The van der Waals surface area contributed by atoms with Gasteiger partial charge in [-0.05, 0) is 31.5 Å². The first-order chi connectivity index (χ1) is 11.4. The molecular weight excluding hydrogens is 309 g/mol. The monoisotopic (exact) mass is 337 g/mol. The van der Waals surface area contributed by atoms with Gasteiger partial charge in [0.25, 0.3) is 0 Å². The van der Waals surface area contributed by atoms with Gasteiger partial charge in [-0.3, -0.25) is 14.6 Å². The van der Waals surface area contributed by atoms with E-state index in [2.05, 4.69) is 9.80 Å². The number of aliphatic hydroxyl groups is 1. The number of nitrogens with zero attached hydrogens (tertiary/aromatic N) is 3. The number of β-amino-alcohol motifs (C(OH)–C–C–N with tert-alkyl or cyclic N) is 1. The zero-order valence-electron chi connectivity index (χ0n) is 14.8. The minimum Gasteiger partial charge on any atom is -0.392 e. The normalized spacial score (nSPS) is 19.0. The number of halogens is 1. The summed E-state index contributed by atoms with van der Waals surface area (Å²) in [5, 5.41) is 9.46. The van der Waals surface area contributed by atoms with Crippen LogP contribution >= 0.6 is 0 Å². The van der Waals surface area contributed by atoms with Crippen LogP contribution in [0.1, 0.15) is 19.4 Å². The number of hydrogen-bond donors (Lipinski definition) is 1. The van der Waals surface area contributed by atoms with Crippen molar-refractivity contribution >= 4 is 5.91 Å². The van der Waals surface area contributed by atoms with E-state index in [-0.39, 0.29) is 23.9 Å². The number of likely N-dealkylation sites (N-methyl/N-ethyl adjacent to an activating group) is 1. The van der Waals surface area contributed by atoms with Gasteiger partial charge in [-0.2, -0.15) is 0 Å². The largest absolute Gasteiger partial charge is 0.392 e. The molecule has 0 aromatic heterocycles. The average Bonchev–Trinajstić information content (AvgIpc) is 2.53. The molecule has 2 atom stereocenters. The lowest BCUT2D eigenvalue weighted by molar-refractivity contribution is -0.136. The summed E-state index contributed by atoms with van der Waals surface area (Å²) in [5.41, 5.74) is 0.791. The molecule has 0 aliphatic carbocycles. The molecule has 24 heavy (non-hydrogen) atoms. The molecule has 134 valence electrons. The van der Waals surface area contributed by atoms with Crippen LogP contribution in [0.3, 0.4) is 0 Å². The standard InChI is InChI=1S/C18H28FN3O2/c1-14(23)12-21-7-9-22(10-8-21)15(2)18(24)20(3)13-16-5-4-6-17(19)11-16/h4-6,11,14-15,23H,7-10,12-13H2,1-3H3/t14-,15+/m0/s1. The van der Waals surface area contributed by atoms with E-state index >= 15 is 0 Å². The average molecular weight is 337 g/mol. The highest BCUT2D eigenvalue weighted by Gasteiger charge is 2.27. The summed E-state index contributed by atoms with van der Waals surface area (Å²) in [4.78, 5) is 18.7. The smallest absolute Gasteiger partial charge is 0.239 e. The Balaban J connectivity index is 1.85. The quantitative estimate of drug-likeness (QED) is 0.847. The maximum absolute atomic E-state index is 13.3. The van der Waals surface area contributed by atoms with Crippen LogP contribution in [0, 0.1) is 5.82 Å². The van der Waals surface area contributed by atoms with Crippen LogP contribution in [0.15, 0.2) is 24.3 Å². The summed E-state index contributed by atoms with van der Waals surface area (Å²) < 4.78 is 13.3. The Hall–Kier alpha value is -1.50. The molecule has 1 N–H and O–H groups in total. The fourth-order valence-corrected chi connectivity index (χ4v) is 3.17. The number of hydrogen-bond acceptors (Lipinski definition) is 4. The molecule has 0 bridgehead atoms. The molecule has 0 unspecified atom stereocenters. The molecule has 1 saturated heterocycles. The minimum atomic E-state index is -0.326. The maximum atomic E-state index is 13.3. The lowest BCUT2D eigenvalue weighted by atomic mass is 10.1. The van der Waals surface area contributed by atoms with Crippen molar-refractivity contribution in [2.45, 2.75) is 32.5 Å². The van der Waals surface area contributed by atoms with Gasteiger partial charge in [-0.15, -0.1) is 0 Å². The molecule has 0 radical (unpaired) electrons. The van der Waals surface area contributed by atoms with Gasteiger partial charge >= 0.3 is 0 Å². The van der Waals surface area contributed by atoms with E-state index in [1.165, 1.54) is 12.1 Å². The van der Waals surface area contributed by atoms with Gasteiger partial charge < -0.3 is 10.0 Å². The minimum absolute atomic E-state index is 0.0447. The van der Waals surface area contributed by atoms with E-state index in [1.807, 2.05) is 13.0 Å². The Morgan fingerprint density at radius 1 is 1.29 bits per heavy atom. The third-order valence-corrected chi connectivity index (χ3v) is 4.52. The molecule has 2 rings (SSSR count). The second-order valence-electron chi connectivity index (χ2n) is 6.69. The van der Waals surface area contributed by atoms with Gasteiger partial charge in [0.1, 0.15) is 5.82 Å². The van der Waals surface area contributed by atoms with Crippen molar-refractivity contribution in [3.05, 3.63) is 35.6 Å². The van der Waals surface area contributed by atoms with E-state index in [0.717, 1.165) is 31.7 Å². The van der Waals surface area contributed by atoms with Crippen LogP contribution in [0.4, 0.5) is 4.39 Å². The van der Waals surface area contributed by atoms with Gasteiger partial charge in [0, 0.05) is 46.3 Å². The van der Waals surface area contributed by atoms with Crippen LogP contribution in [0.25, 0.3) is 0 Å². The molecule has 0 spiro atoms. The number of piperazine rings is 1. The third-order valence-electron chi connectivity index (χ3n) is 4.52. The van der Waals surface area contributed by atoms with Gasteiger partial charge in [-0.25, -0.2) is 4.39 Å². The molecule has 1 heterocycles. The summed E-state index contributed by atoms with van der Waals surface area (Å²) in [6, 6.07) is 6.15. The molecule has 1 aromatic rings. The van der Waals surface area contributed by atoms with Crippen LogP contribution in [0.5, 0.6) is 0 Å². The highest BCUT2D eigenvalue weighted by molar-refractivity contribution is 5.81. The Labute approximate surface area is 143 Å². The number of carbonyl (C=O) groups excluding carboxylic acids is 1. The van der Waals surface area contributed by atoms with E-state index in [9.17, 15) is 14.3 Å². The van der Waals surface area contributed by atoms with Crippen molar-refractivity contribution < 1.29 is 14.3 Å². The molecular formula is C18H28FN3O2. The van der Waals surface area contributed by atoms with Crippen LogP contribution in [-0.2, 0) is 11.3 Å². The third kappa shape index (κ3) is 5.26. The van der Waals surface area contributed by atoms with E-state index in [4.69, 9.17) is 0 Å². The molecule has 1 amide bonds. The predicted molar refractivity (Wildman–Crippen MR) is 92.0 cm³/mol. The number of amides is 1. The number of carbonyl (C=O) groups is 1. The van der Waals surface area contributed by atoms with Crippen molar-refractivity contribution in [3.8, 4) is 0 Å². The maximum Gasteiger partial charge on any atom is 0.239 e. The lowest BCUT2D eigenvalue weighted by Gasteiger charge is -2.38. The van der Waals surface area contributed by atoms with Crippen molar-refractivity contribution in [2.75, 3.05) is 39.8 Å². The Morgan fingerprint density at radius 2 is 1.96 bits per heavy atom. The Morgan fingerprint density at radius 3 is 2.54 bits per heavy atom. The molecule has 6 heteroatoms. The second-order valence-corrected chi connectivity index (χ2v) is 6.69. The first-order valence-corrected chi connectivity index (χ1v) is 8.50. The fraction of sp³-hybridized carbons (Fsp3) is 0.611. The van der Waals surface area contributed by atoms with E-state index < -0.39 is 0 Å². The zero-order valence-corrected chi connectivity index (χ0v) is 14.8. The summed E-state index contributed by atoms with van der Waals surface area (Å²) in [6.07, 6.45) is -0.326. The SMILES string of the molecule is C[C@H](O)CN1CCN([C@H](C)C(=O)N(C)Cc2cccc(F)c2)CC1. The number of rotatable bonds is 6. The van der Waals surface area contributed by atoms with Crippen LogP contribution in [0.2, 0.25) is 0 Å². The highest BCUT2D eigenvalue weighted by Crippen LogP contribution is 2.12. The van der Waals surface area contributed by atoms with Crippen molar-refractivity contribution in [1.29, 1.82) is 0 Å². The summed E-state index contributed by atoms with van der Waals surface area (Å²) in [5.74, 6) is -0.237. The van der Waals surface area contributed by atoms with Gasteiger partial charge in [0.2, 0.25) is 5.91 Å². The van der Waals surface area contributed by atoms with E-state index in [1.54, 1.807) is 24.9 Å². The molecule has 0 saturated carbocycles. The molecule has 1 fully saturated rings. The van der Waals surface area contributed by atoms with Crippen molar-refractivity contribution in [3.63, 3.8) is 0 Å². The summed E-state index contributed by atoms with van der Waals surface area (Å²) >= 11 is 0. The van der Waals surface area contributed by atoms with Crippen molar-refractivity contribution in [2.24, 2.45) is 0 Å². The number of benzene rings is 1. The van der Waals surface area contributed by atoms with Gasteiger partial charge in [-0.1, -0.05) is 12.1 Å². The fourth-order valence-electron chi connectivity index (χ4n) is 3.17. The Bertz CT molecular complexity index is 545. The second kappa shape index (κ2) is 8.55. The molecule has 1 aliphatic heterocycles. The van der Waals surface area contributed by atoms with Gasteiger partial charge in [0.05, 0.1) is 12.1 Å². The summed E-state index contributed by atoms with van der Waals surface area (Å²) in [6.45, 7) is 8.14. The molecule has 5 nitrogen and oxygen atoms in total. The molecule has 1 aliphatic rings. The first-order valence-electron chi connectivity index (χ1n) is 8.50. The lowest BCUT2D eigenvalue weighted by Crippen LogP contribution is -2.54. The summed E-state index contributed by atoms with van der Waals surface area (Å²) in [7, 11) is 1.76. The van der Waals surface area contributed by atoms with Gasteiger partial charge in [0.15, 0.2) is 0 Å². The predicted octanol–water partition coefficient (Wildman–Crippen LogP) is 1.17. The van der Waals surface area contributed by atoms with E-state index in [0.29, 0.717) is 13.1 Å². The zero-order chi connectivity index (χ0) is 17.7. The Kier molecular flexibility index (Phi) is 6.71. The van der Waals surface area contributed by atoms with Crippen LogP contribution < -0.4 is 0 Å². The highest BCUT2D eigenvalue weighted by atomic mass is 19.1. The van der Waals surface area contributed by atoms with Crippen molar-refractivity contribution in [1.82, 2.24) is 14.7 Å². The molecule has 1 aromatic carbocycles.